The van der Waals surface area contributed by atoms with Gasteiger partial charge in [-0.05, 0) is 49.7 Å². The molecule has 23 heavy (non-hydrogen) atoms. The van der Waals surface area contributed by atoms with E-state index >= 15 is 0 Å². The largest absolute Gasteiger partial charge is 0.495 e. The third-order valence-corrected chi connectivity index (χ3v) is 3.44. The summed E-state index contributed by atoms with van der Waals surface area (Å²) < 4.78 is 10.8. The van der Waals surface area contributed by atoms with E-state index in [0.29, 0.717) is 28.6 Å². The lowest BCUT2D eigenvalue weighted by molar-refractivity contribution is 0.0657. The molecule has 0 fully saturated rings. The summed E-state index contributed by atoms with van der Waals surface area (Å²) in [6.07, 6.45) is 0.174. The van der Waals surface area contributed by atoms with Gasteiger partial charge in [0.25, 0.3) is 5.91 Å². The van der Waals surface area contributed by atoms with Gasteiger partial charge in [0.05, 0.1) is 25.5 Å². The molecule has 2 aromatic carbocycles. The van der Waals surface area contributed by atoms with Crippen molar-refractivity contribution in [1.82, 2.24) is 0 Å². The molecule has 1 amide bonds. The zero-order valence-electron chi connectivity index (χ0n) is 13.4. The number of amides is 1. The van der Waals surface area contributed by atoms with Gasteiger partial charge in [0.1, 0.15) is 5.75 Å². The van der Waals surface area contributed by atoms with Crippen molar-refractivity contribution in [2.75, 3.05) is 12.4 Å². The van der Waals surface area contributed by atoms with Crippen LogP contribution in [0.15, 0.2) is 42.5 Å². The van der Waals surface area contributed by atoms with E-state index in [9.17, 15) is 4.79 Å². The first-order valence-electron chi connectivity index (χ1n) is 7.35. The first-order chi connectivity index (χ1) is 11.0. The van der Waals surface area contributed by atoms with Gasteiger partial charge in [-0.2, -0.15) is 0 Å². The third kappa shape index (κ3) is 4.98. The molecule has 0 aliphatic heterocycles. The normalized spacial score (nSPS) is 10.7. The number of methoxy groups -OCH3 is 1. The summed E-state index contributed by atoms with van der Waals surface area (Å²) in [5.74, 6) is 0.339. The van der Waals surface area contributed by atoms with E-state index < -0.39 is 0 Å². The molecule has 4 nitrogen and oxygen atoms in total. The lowest BCUT2D eigenvalue weighted by Crippen LogP contribution is -2.12. The number of carbonyl (C=O) groups excluding carboxylic acids is 1. The highest BCUT2D eigenvalue weighted by molar-refractivity contribution is 6.31. The summed E-state index contributed by atoms with van der Waals surface area (Å²) >= 11 is 5.96. The summed E-state index contributed by atoms with van der Waals surface area (Å²) in [6.45, 7) is 4.50. The number of ether oxygens (including phenoxy) is 2. The Kier molecular flexibility index (Phi) is 6.02. The molecule has 2 rings (SSSR count). The number of benzene rings is 2. The Bertz CT molecular complexity index is 668. The molecule has 0 unspecified atom stereocenters. The molecule has 0 atom stereocenters. The molecule has 0 aliphatic rings. The minimum Gasteiger partial charge on any atom is -0.495 e. The fraction of sp³-hybridized carbons (Fsp3) is 0.278. The Morgan fingerprint density at radius 1 is 1.17 bits per heavy atom. The van der Waals surface area contributed by atoms with Crippen LogP contribution in [0, 0.1) is 0 Å². The van der Waals surface area contributed by atoms with Crippen molar-refractivity contribution in [2.45, 2.75) is 26.6 Å². The molecule has 5 heteroatoms. The molecule has 0 aliphatic carbocycles. The van der Waals surface area contributed by atoms with Gasteiger partial charge < -0.3 is 14.8 Å². The summed E-state index contributed by atoms with van der Waals surface area (Å²) in [7, 11) is 1.54. The average Bonchev–Trinajstić information content (AvgIpc) is 2.53. The van der Waals surface area contributed by atoms with Gasteiger partial charge in [-0.15, -0.1) is 0 Å². The highest BCUT2D eigenvalue weighted by atomic mass is 35.5. The van der Waals surface area contributed by atoms with Crippen molar-refractivity contribution in [3.8, 4) is 5.75 Å². The maximum atomic E-state index is 12.3. The van der Waals surface area contributed by atoms with Gasteiger partial charge in [0.2, 0.25) is 0 Å². The highest BCUT2D eigenvalue weighted by Crippen LogP contribution is 2.28. The SMILES string of the molecule is COc1ccc(Cl)cc1NC(=O)c1ccc(COC(C)C)cc1. The molecule has 2 aromatic rings. The van der Waals surface area contributed by atoms with Gasteiger partial charge in [0.15, 0.2) is 0 Å². The fourth-order valence-electron chi connectivity index (χ4n) is 1.99. The number of carbonyl (C=O) groups is 1. The van der Waals surface area contributed by atoms with Crippen LogP contribution in [0.1, 0.15) is 29.8 Å². The lowest BCUT2D eigenvalue weighted by Gasteiger charge is -2.11. The molecule has 0 saturated carbocycles. The van der Waals surface area contributed by atoms with Crippen LogP contribution in [0.2, 0.25) is 5.02 Å². The average molecular weight is 334 g/mol. The smallest absolute Gasteiger partial charge is 0.255 e. The van der Waals surface area contributed by atoms with Gasteiger partial charge in [-0.25, -0.2) is 0 Å². The Balaban J connectivity index is 2.07. The van der Waals surface area contributed by atoms with Gasteiger partial charge >= 0.3 is 0 Å². The number of anilines is 1. The van der Waals surface area contributed by atoms with Crippen LogP contribution in [-0.4, -0.2) is 19.1 Å². The maximum absolute atomic E-state index is 12.3. The summed E-state index contributed by atoms with van der Waals surface area (Å²) in [5, 5.41) is 3.34. The second kappa shape index (κ2) is 7.99. The number of nitrogens with one attached hydrogen (secondary N) is 1. The number of rotatable bonds is 6. The van der Waals surface area contributed by atoms with E-state index in [1.807, 2.05) is 26.0 Å². The Labute approximate surface area is 141 Å². The predicted molar refractivity (Wildman–Crippen MR) is 92.3 cm³/mol. The van der Waals surface area contributed by atoms with Gasteiger partial charge in [0, 0.05) is 10.6 Å². The third-order valence-electron chi connectivity index (χ3n) is 3.21. The maximum Gasteiger partial charge on any atom is 0.255 e. The van der Waals surface area contributed by atoms with E-state index in [1.165, 1.54) is 0 Å². The summed E-state index contributed by atoms with van der Waals surface area (Å²) in [4.78, 5) is 12.3. The standard InChI is InChI=1S/C18H20ClNO3/c1-12(2)23-11-13-4-6-14(7-5-13)18(21)20-16-10-15(19)8-9-17(16)22-3/h4-10,12H,11H2,1-3H3,(H,20,21). The van der Waals surface area contributed by atoms with Crippen LogP contribution >= 0.6 is 11.6 Å². The Morgan fingerprint density at radius 2 is 1.87 bits per heavy atom. The molecule has 0 radical (unpaired) electrons. The van der Waals surface area contributed by atoms with Crippen molar-refractivity contribution in [2.24, 2.45) is 0 Å². The Hall–Kier alpha value is -2.04. The van der Waals surface area contributed by atoms with Crippen LogP contribution in [0.5, 0.6) is 5.75 Å². The van der Waals surface area contributed by atoms with E-state index in [0.717, 1.165) is 5.56 Å². The van der Waals surface area contributed by atoms with Crippen molar-refractivity contribution >= 4 is 23.2 Å². The minimum absolute atomic E-state index is 0.174. The first-order valence-corrected chi connectivity index (χ1v) is 7.73. The van der Waals surface area contributed by atoms with Crippen molar-refractivity contribution in [3.05, 3.63) is 58.6 Å². The highest BCUT2D eigenvalue weighted by Gasteiger charge is 2.10. The second-order valence-corrected chi connectivity index (χ2v) is 5.79. The van der Waals surface area contributed by atoms with Crippen molar-refractivity contribution in [3.63, 3.8) is 0 Å². The quantitative estimate of drug-likeness (QED) is 0.845. The van der Waals surface area contributed by atoms with Crippen molar-refractivity contribution < 1.29 is 14.3 Å². The molecular formula is C18H20ClNO3. The number of halogens is 1. The number of hydrogen-bond acceptors (Lipinski definition) is 3. The van der Waals surface area contributed by atoms with Crippen LogP contribution in [0.3, 0.4) is 0 Å². The zero-order chi connectivity index (χ0) is 16.8. The predicted octanol–water partition coefficient (Wildman–Crippen LogP) is 4.53. The van der Waals surface area contributed by atoms with Crippen LogP contribution in [0.4, 0.5) is 5.69 Å². The molecule has 0 spiro atoms. The topological polar surface area (TPSA) is 47.6 Å². The van der Waals surface area contributed by atoms with Gasteiger partial charge in [-0.3, -0.25) is 4.79 Å². The van der Waals surface area contributed by atoms with E-state index in [4.69, 9.17) is 21.1 Å². The van der Waals surface area contributed by atoms with Crippen molar-refractivity contribution in [1.29, 1.82) is 0 Å². The van der Waals surface area contributed by atoms with E-state index in [1.54, 1.807) is 37.4 Å². The number of hydrogen-bond donors (Lipinski definition) is 1. The Morgan fingerprint density at radius 3 is 2.48 bits per heavy atom. The van der Waals surface area contributed by atoms with E-state index in [-0.39, 0.29) is 12.0 Å². The van der Waals surface area contributed by atoms with Crippen LogP contribution in [0.25, 0.3) is 0 Å². The fourth-order valence-corrected chi connectivity index (χ4v) is 2.16. The second-order valence-electron chi connectivity index (χ2n) is 5.36. The van der Waals surface area contributed by atoms with Crippen LogP contribution in [-0.2, 0) is 11.3 Å². The molecule has 122 valence electrons. The molecule has 0 saturated heterocycles. The van der Waals surface area contributed by atoms with Gasteiger partial charge in [-0.1, -0.05) is 23.7 Å². The molecular weight excluding hydrogens is 314 g/mol. The molecule has 0 bridgehead atoms. The molecule has 0 heterocycles. The van der Waals surface area contributed by atoms with E-state index in [2.05, 4.69) is 5.32 Å². The molecule has 0 aromatic heterocycles. The minimum atomic E-state index is -0.220. The molecule has 1 N–H and O–H groups in total. The van der Waals surface area contributed by atoms with Crippen LogP contribution < -0.4 is 10.1 Å². The monoisotopic (exact) mass is 333 g/mol. The summed E-state index contributed by atoms with van der Waals surface area (Å²) in [6, 6.07) is 12.4. The zero-order valence-corrected chi connectivity index (χ0v) is 14.2. The first kappa shape index (κ1) is 17.3. The summed E-state index contributed by atoms with van der Waals surface area (Å²) in [5.41, 5.74) is 2.12. The lowest BCUT2D eigenvalue weighted by atomic mass is 10.1.